The third-order valence-corrected chi connectivity index (χ3v) is 7.30. The Hall–Kier alpha value is -2.72. The van der Waals surface area contributed by atoms with Crippen molar-refractivity contribution < 1.29 is 45.3 Å². The quantitative estimate of drug-likeness (QED) is 0.216. The van der Waals surface area contributed by atoms with Crippen molar-refractivity contribution in [2.24, 2.45) is 17.8 Å². The molecule has 1 saturated carbocycles. The van der Waals surface area contributed by atoms with Gasteiger partial charge >= 0.3 is 12.2 Å². The Kier molecular flexibility index (Phi) is 9.82. The Bertz CT molecular complexity index is 1080. The van der Waals surface area contributed by atoms with E-state index in [0.717, 1.165) is 31.4 Å². The van der Waals surface area contributed by atoms with Gasteiger partial charge < -0.3 is 18.9 Å². The second-order valence-electron chi connectivity index (χ2n) is 10.1. The lowest BCUT2D eigenvalue weighted by molar-refractivity contribution is -0.247. The smallest absolute Gasteiger partial charge is 0.400 e. The third kappa shape index (κ3) is 7.69. The first-order valence-electron chi connectivity index (χ1n) is 13.2. The molecule has 0 spiro atoms. The van der Waals surface area contributed by atoms with Crippen LogP contribution < -0.4 is 9.47 Å². The molecule has 0 amide bonds. The number of ether oxygens (including phenoxy) is 4. The number of hydrogen-bond donors (Lipinski definition) is 0. The summed E-state index contributed by atoms with van der Waals surface area (Å²) in [4.78, 5) is 0. The number of rotatable bonds is 10. The largest absolute Gasteiger partial charge is 0.453 e. The maximum atomic E-state index is 15.0. The summed E-state index contributed by atoms with van der Waals surface area (Å²) in [5.74, 6) is -3.94. The molecule has 0 atom stereocenters. The van der Waals surface area contributed by atoms with Gasteiger partial charge in [0.1, 0.15) is 5.75 Å². The Morgan fingerprint density at radius 1 is 0.949 bits per heavy atom. The van der Waals surface area contributed by atoms with Crippen LogP contribution in [0.2, 0.25) is 0 Å². The van der Waals surface area contributed by atoms with Crippen molar-refractivity contribution in [1.82, 2.24) is 0 Å². The highest BCUT2D eigenvalue weighted by Gasteiger charge is 2.45. The lowest BCUT2D eigenvalue weighted by atomic mass is 9.80. The molecular formula is C29H32F6O4. The van der Waals surface area contributed by atoms with Crippen LogP contribution in [0.3, 0.4) is 0 Å². The van der Waals surface area contributed by atoms with Gasteiger partial charge in [-0.3, -0.25) is 0 Å². The summed E-state index contributed by atoms with van der Waals surface area (Å²) in [6.07, 6.45) is -1.09. The molecule has 214 valence electrons. The van der Waals surface area contributed by atoms with Crippen LogP contribution in [0.5, 0.6) is 11.5 Å². The zero-order valence-corrected chi connectivity index (χ0v) is 21.6. The van der Waals surface area contributed by atoms with Gasteiger partial charge in [-0.1, -0.05) is 31.9 Å². The average Bonchev–Trinajstić information content (AvgIpc) is 2.92. The van der Waals surface area contributed by atoms with Crippen LogP contribution in [0.25, 0.3) is 11.1 Å². The summed E-state index contributed by atoms with van der Waals surface area (Å²) in [5.41, 5.74) is 0.384. The van der Waals surface area contributed by atoms with Gasteiger partial charge in [0.15, 0.2) is 29.9 Å². The minimum Gasteiger partial charge on any atom is -0.453 e. The third-order valence-electron chi connectivity index (χ3n) is 7.30. The van der Waals surface area contributed by atoms with E-state index in [2.05, 4.69) is 11.7 Å². The van der Waals surface area contributed by atoms with Crippen molar-refractivity contribution in [1.29, 1.82) is 0 Å². The Morgan fingerprint density at radius 2 is 1.56 bits per heavy atom. The number of halogens is 6. The summed E-state index contributed by atoms with van der Waals surface area (Å²) in [7, 11) is 0. The summed E-state index contributed by atoms with van der Waals surface area (Å²) >= 11 is 0. The molecule has 2 aliphatic rings. The van der Waals surface area contributed by atoms with E-state index in [0.29, 0.717) is 37.5 Å². The fraction of sp³-hybridized carbons (Fsp3) is 0.517. The molecule has 0 aromatic heterocycles. The molecule has 2 aromatic carbocycles. The van der Waals surface area contributed by atoms with Gasteiger partial charge in [0.25, 0.3) is 0 Å². The predicted molar refractivity (Wildman–Crippen MR) is 132 cm³/mol. The van der Waals surface area contributed by atoms with Gasteiger partial charge in [-0.2, -0.15) is 17.6 Å². The zero-order chi connectivity index (χ0) is 28.0. The summed E-state index contributed by atoms with van der Waals surface area (Å²) < 4.78 is 104. The van der Waals surface area contributed by atoms with E-state index in [1.165, 1.54) is 24.3 Å². The molecule has 4 rings (SSSR count). The van der Waals surface area contributed by atoms with E-state index >= 15 is 0 Å². The van der Waals surface area contributed by atoms with Gasteiger partial charge in [0.05, 0.1) is 19.1 Å². The van der Waals surface area contributed by atoms with E-state index in [-0.39, 0.29) is 42.6 Å². The SMILES string of the molecule is CCCCC1COC(C2CCC(C(F)(F)Oc3ccc(-c4cc(F)c(OC=C(F)F)c(F)c4)cc3)CC2)OC1. The van der Waals surface area contributed by atoms with Crippen molar-refractivity contribution in [2.45, 2.75) is 64.3 Å². The van der Waals surface area contributed by atoms with Crippen molar-refractivity contribution in [3.63, 3.8) is 0 Å². The monoisotopic (exact) mass is 558 g/mol. The molecule has 0 N–H and O–H groups in total. The molecule has 1 aliphatic carbocycles. The molecular weight excluding hydrogens is 526 g/mol. The number of hydrogen-bond acceptors (Lipinski definition) is 4. The second-order valence-corrected chi connectivity index (χ2v) is 10.1. The standard InChI is InChI=1S/C29H32F6O4/c1-2-3-4-18-15-37-28(38-16-18)20-5-9-22(10-6-20)29(34,35)39-23-11-7-19(8-12-23)21-13-24(30)27(25(31)14-21)36-17-26(32)33/h7-8,11-14,17-18,20,22,28H,2-6,9-10,15-16H2,1H3. The van der Waals surface area contributed by atoms with E-state index < -0.39 is 35.5 Å². The lowest BCUT2D eigenvalue weighted by Gasteiger charge is -2.39. The van der Waals surface area contributed by atoms with Gasteiger partial charge in [-0.05, 0) is 67.5 Å². The van der Waals surface area contributed by atoms with E-state index in [9.17, 15) is 26.3 Å². The Balaban J connectivity index is 1.30. The lowest BCUT2D eigenvalue weighted by Crippen LogP contribution is -2.42. The van der Waals surface area contributed by atoms with Crippen molar-refractivity contribution in [2.75, 3.05) is 13.2 Å². The zero-order valence-electron chi connectivity index (χ0n) is 21.6. The van der Waals surface area contributed by atoms with Crippen LogP contribution in [0, 0.1) is 29.4 Å². The number of benzene rings is 2. The molecule has 0 unspecified atom stereocenters. The van der Waals surface area contributed by atoms with Crippen LogP contribution >= 0.6 is 0 Å². The van der Waals surface area contributed by atoms with Crippen LogP contribution in [0.1, 0.15) is 51.9 Å². The maximum absolute atomic E-state index is 15.0. The van der Waals surface area contributed by atoms with Gasteiger partial charge in [-0.25, -0.2) is 8.78 Å². The Morgan fingerprint density at radius 3 is 2.13 bits per heavy atom. The maximum Gasteiger partial charge on any atom is 0.400 e. The molecule has 39 heavy (non-hydrogen) atoms. The predicted octanol–water partition coefficient (Wildman–Crippen LogP) is 8.71. The molecule has 1 saturated heterocycles. The highest BCUT2D eigenvalue weighted by Crippen LogP contribution is 2.42. The van der Waals surface area contributed by atoms with Gasteiger partial charge in [0.2, 0.25) is 0 Å². The molecule has 10 heteroatoms. The van der Waals surface area contributed by atoms with Gasteiger partial charge in [0, 0.05) is 11.8 Å². The second kappa shape index (κ2) is 13.1. The number of alkyl halides is 2. The van der Waals surface area contributed by atoms with Crippen LogP contribution in [-0.2, 0) is 9.47 Å². The first-order valence-corrected chi connectivity index (χ1v) is 13.2. The molecule has 1 aliphatic heterocycles. The fourth-order valence-corrected chi connectivity index (χ4v) is 5.12. The average molecular weight is 559 g/mol. The molecule has 1 heterocycles. The fourth-order valence-electron chi connectivity index (χ4n) is 5.12. The van der Waals surface area contributed by atoms with Crippen LogP contribution in [0.15, 0.2) is 48.7 Å². The molecule has 4 nitrogen and oxygen atoms in total. The summed E-state index contributed by atoms with van der Waals surface area (Å²) in [6.45, 7) is 3.44. The number of unbranched alkanes of at least 4 members (excludes halogenated alkanes) is 1. The van der Waals surface area contributed by atoms with E-state index in [1.807, 2.05) is 0 Å². The molecule has 2 fully saturated rings. The van der Waals surface area contributed by atoms with Crippen molar-refractivity contribution in [3.8, 4) is 22.6 Å². The van der Waals surface area contributed by atoms with Crippen molar-refractivity contribution in [3.05, 3.63) is 60.4 Å². The topological polar surface area (TPSA) is 36.9 Å². The minimum absolute atomic E-state index is 0.0684. The minimum atomic E-state index is -3.40. The molecule has 2 aromatic rings. The van der Waals surface area contributed by atoms with Gasteiger partial charge in [-0.15, -0.1) is 0 Å². The Labute approximate surface area is 223 Å². The highest BCUT2D eigenvalue weighted by molar-refractivity contribution is 5.65. The molecule has 0 bridgehead atoms. The van der Waals surface area contributed by atoms with E-state index in [4.69, 9.17) is 14.2 Å². The highest BCUT2D eigenvalue weighted by atomic mass is 19.3. The first-order chi connectivity index (χ1) is 18.7. The molecule has 0 radical (unpaired) electrons. The normalized spacial score (nSPS) is 23.8. The summed E-state index contributed by atoms with van der Waals surface area (Å²) in [6, 6.07) is 7.13. The van der Waals surface area contributed by atoms with Crippen LogP contribution in [-0.4, -0.2) is 25.6 Å². The van der Waals surface area contributed by atoms with E-state index in [1.54, 1.807) is 0 Å². The van der Waals surface area contributed by atoms with Crippen molar-refractivity contribution >= 4 is 0 Å². The first kappa shape index (κ1) is 29.3. The van der Waals surface area contributed by atoms with Crippen LogP contribution in [0.4, 0.5) is 26.3 Å². The summed E-state index contributed by atoms with van der Waals surface area (Å²) in [5, 5.41) is 0.